The Labute approximate surface area is 214 Å². The first kappa shape index (κ1) is 24.4. The predicted molar refractivity (Wildman–Crippen MR) is 135 cm³/mol. The molecule has 0 spiro atoms. The highest BCUT2D eigenvalue weighted by Crippen LogP contribution is 2.28. The third kappa shape index (κ3) is 5.77. The maximum atomic E-state index is 11.7. The topological polar surface area (TPSA) is 137 Å². The zero-order valence-corrected chi connectivity index (χ0v) is 20.2. The lowest BCUT2D eigenvalue weighted by Crippen LogP contribution is -2.36. The average molecular weight is 502 g/mol. The molecule has 11 nitrogen and oxygen atoms in total. The van der Waals surface area contributed by atoms with E-state index in [4.69, 9.17) is 14.6 Å². The zero-order chi connectivity index (χ0) is 25.6. The molecule has 2 N–H and O–H groups in total. The molecule has 1 amide bonds. The number of rotatable bonds is 7. The zero-order valence-electron chi connectivity index (χ0n) is 20.2. The van der Waals surface area contributed by atoms with E-state index >= 15 is 0 Å². The molecule has 190 valence electrons. The summed E-state index contributed by atoms with van der Waals surface area (Å²) in [5, 5.41) is 22.0. The van der Waals surface area contributed by atoms with Crippen molar-refractivity contribution in [1.29, 1.82) is 5.26 Å². The number of nitriles is 1. The van der Waals surface area contributed by atoms with Crippen molar-refractivity contribution in [2.45, 2.75) is 12.5 Å². The van der Waals surface area contributed by atoms with E-state index in [1.807, 2.05) is 18.2 Å². The van der Waals surface area contributed by atoms with Gasteiger partial charge in [0.2, 0.25) is 11.9 Å². The molecule has 0 unspecified atom stereocenters. The maximum absolute atomic E-state index is 11.7. The molecule has 5 rings (SSSR count). The summed E-state index contributed by atoms with van der Waals surface area (Å²) in [6.45, 7) is 3.43. The number of amides is 1. The molecule has 2 aliphatic rings. The standard InChI is InChI=1S/C26H27N7O4/c27-14-19-13-18(1-3-23(19)37-21-6-8-33(16-21)25(35)17-34)22-5-7-28-26(31-22)30-20-2-4-24(29-15-20)32-9-11-36-12-10-32/h1-5,7,13,15,21,34H,6,8-12,16-17H2,(H,28,30,31)/t21-/m1/s1. The highest BCUT2D eigenvalue weighted by atomic mass is 16.5. The summed E-state index contributed by atoms with van der Waals surface area (Å²) in [5.41, 5.74) is 2.54. The van der Waals surface area contributed by atoms with Crippen LogP contribution in [0.25, 0.3) is 11.3 Å². The third-order valence-electron chi connectivity index (χ3n) is 6.32. The SMILES string of the molecule is N#Cc1cc(-c2ccnc(Nc3ccc(N4CCOCC4)nc3)n2)ccc1O[C@@H]1CCN(C(=O)CO)C1. The summed E-state index contributed by atoms with van der Waals surface area (Å²) in [6.07, 6.45) is 3.81. The average Bonchev–Trinajstić information content (AvgIpc) is 3.42. The van der Waals surface area contributed by atoms with E-state index in [2.05, 4.69) is 31.2 Å². The number of hydrogen-bond donors (Lipinski definition) is 2. The van der Waals surface area contributed by atoms with E-state index in [0.717, 1.165) is 30.2 Å². The van der Waals surface area contributed by atoms with E-state index in [-0.39, 0.29) is 12.0 Å². The highest BCUT2D eigenvalue weighted by molar-refractivity contribution is 5.77. The molecule has 0 radical (unpaired) electrons. The minimum absolute atomic E-state index is 0.230. The van der Waals surface area contributed by atoms with E-state index in [0.29, 0.717) is 55.7 Å². The van der Waals surface area contributed by atoms with E-state index < -0.39 is 6.61 Å². The van der Waals surface area contributed by atoms with Crippen LogP contribution in [-0.4, -0.2) is 83.0 Å². The molecular weight excluding hydrogens is 474 g/mol. The molecule has 1 atom stereocenters. The number of carbonyl (C=O) groups is 1. The molecule has 2 fully saturated rings. The number of morpholine rings is 1. The molecule has 1 aromatic carbocycles. The second-order valence-corrected chi connectivity index (χ2v) is 8.74. The Morgan fingerprint density at radius 1 is 1.19 bits per heavy atom. The first-order valence-corrected chi connectivity index (χ1v) is 12.1. The summed E-state index contributed by atoms with van der Waals surface area (Å²) >= 11 is 0. The Morgan fingerprint density at radius 3 is 2.81 bits per heavy atom. The number of anilines is 3. The quantitative estimate of drug-likeness (QED) is 0.494. The van der Waals surface area contributed by atoms with Crippen LogP contribution in [0.2, 0.25) is 0 Å². The number of benzene rings is 1. The maximum Gasteiger partial charge on any atom is 0.248 e. The molecule has 2 aromatic heterocycles. The van der Waals surface area contributed by atoms with Crippen molar-refractivity contribution in [3.05, 3.63) is 54.4 Å². The van der Waals surface area contributed by atoms with E-state index in [1.54, 1.807) is 35.5 Å². The molecular formula is C26H27N7O4. The van der Waals surface area contributed by atoms with Gasteiger partial charge in [-0.05, 0) is 36.4 Å². The number of pyridine rings is 1. The third-order valence-corrected chi connectivity index (χ3v) is 6.32. The molecule has 0 aliphatic carbocycles. The Balaban J connectivity index is 1.26. The second-order valence-electron chi connectivity index (χ2n) is 8.74. The number of hydrogen-bond acceptors (Lipinski definition) is 10. The van der Waals surface area contributed by atoms with Crippen molar-refractivity contribution in [1.82, 2.24) is 19.9 Å². The number of carbonyl (C=O) groups excluding carboxylic acids is 1. The number of nitrogens with zero attached hydrogens (tertiary/aromatic N) is 6. The minimum atomic E-state index is -0.517. The Hall–Kier alpha value is -4.27. The van der Waals surface area contributed by atoms with Crippen molar-refractivity contribution in [2.75, 3.05) is 56.2 Å². The van der Waals surface area contributed by atoms with Crippen LogP contribution in [0.4, 0.5) is 17.5 Å². The van der Waals surface area contributed by atoms with Crippen LogP contribution in [0.3, 0.4) is 0 Å². The fourth-order valence-corrected chi connectivity index (χ4v) is 4.36. The summed E-state index contributed by atoms with van der Waals surface area (Å²) in [5.74, 6) is 1.45. The summed E-state index contributed by atoms with van der Waals surface area (Å²) in [4.78, 5) is 28.9. The normalized spacial score (nSPS) is 17.4. The number of nitrogens with one attached hydrogen (secondary N) is 1. The van der Waals surface area contributed by atoms with E-state index in [9.17, 15) is 10.1 Å². The van der Waals surface area contributed by atoms with Gasteiger partial charge >= 0.3 is 0 Å². The molecule has 0 bridgehead atoms. The van der Waals surface area contributed by atoms with Gasteiger partial charge in [0, 0.05) is 37.8 Å². The van der Waals surface area contributed by atoms with Crippen LogP contribution in [0.5, 0.6) is 5.75 Å². The van der Waals surface area contributed by atoms with Gasteiger partial charge in [-0.2, -0.15) is 5.26 Å². The first-order valence-electron chi connectivity index (χ1n) is 12.1. The van der Waals surface area contributed by atoms with Crippen LogP contribution in [0.1, 0.15) is 12.0 Å². The largest absolute Gasteiger partial charge is 0.487 e. The number of ether oxygens (including phenoxy) is 2. The smallest absolute Gasteiger partial charge is 0.248 e. The monoisotopic (exact) mass is 501 g/mol. The van der Waals surface area contributed by atoms with Crippen molar-refractivity contribution < 1.29 is 19.4 Å². The molecule has 37 heavy (non-hydrogen) atoms. The molecule has 3 aromatic rings. The predicted octanol–water partition coefficient (Wildman–Crippen LogP) is 1.96. The summed E-state index contributed by atoms with van der Waals surface area (Å²) in [6, 6.07) is 13.2. The van der Waals surface area contributed by atoms with Crippen LogP contribution < -0.4 is 15.0 Å². The van der Waals surface area contributed by atoms with Gasteiger partial charge in [0.15, 0.2) is 0 Å². The van der Waals surface area contributed by atoms with Crippen molar-refractivity contribution in [3.63, 3.8) is 0 Å². The van der Waals surface area contributed by atoms with Gasteiger partial charge in [-0.25, -0.2) is 15.0 Å². The number of aliphatic hydroxyl groups is 1. The fourth-order valence-electron chi connectivity index (χ4n) is 4.36. The molecule has 2 saturated heterocycles. The number of aliphatic hydroxyl groups excluding tert-OH is 1. The molecule has 4 heterocycles. The number of aromatic nitrogens is 3. The fraction of sp³-hybridized carbons (Fsp3) is 0.346. The highest BCUT2D eigenvalue weighted by Gasteiger charge is 2.27. The summed E-state index contributed by atoms with van der Waals surface area (Å²) in [7, 11) is 0. The van der Waals surface area contributed by atoms with Gasteiger partial charge < -0.3 is 29.7 Å². The Bertz CT molecular complexity index is 1290. The lowest BCUT2D eigenvalue weighted by atomic mass is 10.1. The summed E-state index contributed by atoms with van der Waals surface area (Å²) < 4.78 is 11.4. The Morgan fingerprint density at radius 2 is 2.05 bits per heavy atom. The Kier molecular flexibility index (Phi) is 7.39. The second kappa shape index (κ2) is 11.2. The molecule has 2 aliphatic heterocycles. The van der Waals surface area contributed by atoms with Gasteiger partial charge in [0.25, 0.3) is 0 Å². The van der Waals surface area contributed by atoms with Crippen LogP contribution in [0, 0.1) is 11.3 Å². The lowest BCUT2D eigenvalue weighted by Gasteiger charge is -2.27. The van der Waals surface area contributed by atoms with Crippen molar-refractivity contribution in [3.8, 4) is 23.1 Å². The van der Waals surface area contributed by atoms with Gasteiger partial charge in [-0.15, -0.1) is 0 Å². The molecule has 11 heteroatoms. The minimum Gasteiger partial charge on any atom is -0.487 e. The molecule has 0 saturated carbocycles. The van der Waals surface area contributed by atoms with Crippen molar-refractivity contribution in [2.24, 2.45) is 0 Å². The van der Waals surface area contributed by atoms with Gasteiger partial charge in [-0.3, -0.25) is 4.79 Å². The lowest BCUT2D eigenvalue weighted by molar-refractivity contribution is -0.133. The van der Waals surface area contributed by atoms with Crippen LogP contribution in [0.15, 0.2) is 48.8 Å². The van der Waals surface area contributed by atoms with Gasteiger partial charge in [-0.1, -0.05) is 0 Å². The van der Waals surface area contributed by atoms with Gasteiger partial charge in [0.1, 0.15) is 30.3 Å². The van der Waals surface area contributed by atoms with Crippen LogP contribution in [-0.2, 0) is 9.53 Å². The number of likely N-dealkylation sites (tertiary alicyclic amines) is 1. The van der Waals surface area contributed by atoms with Crippen molar-refractivity contribution >= 4 is 23.4 Å². The van der Waals surface area contributed by atoms with Gasteiger partial charge in [0.05, 0.1) is 42.9 Å². The van der Waals surface area contributed by atoms with E-state index in [1.165, 1.54) is 0 Å². The van der Waals surface area contributed by atoms with Crippen LogP contribution >= 0.6 is 0 Å². The first-order chi connectivity index (χ1) is 18.1.